The van der Waals surface area contributed by atoms with Crippen molar-refractivity contribution in [2.75, 3.05) is 0 Å². The minimum absolute atomic E-state index is 0.249. The number of nitrogens with one attached hydrogen (secondary N) is 1. The van der Waals surface area contributed by atoms with Crippen LogP contribution in [0.4, 0.5) is 0 Å². The monoisotopic (exact) mass is 229 g/mol. The fourth-order valence-electron chi connectivity index (χ4n) is 2.51. The van der Waals surface area contributed by atoms with Crippen LogP contribution in [-0.2, 0) is 17.6 Å². The van der Waals surface area contributed by atoms with Gasteiger partial charge in [0.2, 0.25) is 0 Å². The van der Waals surface area contributed by atoms with Crippen LogP contribution in [0, 0.1) is 0 Å². The third-order valence-corrected chi connectivity index (χ3v) is 3.30. The molecule has 0 bridgehead atoms. The molecule has 86 valence electrons. The summed E-state index contributed by atoms with van der Waals surface area (Å²) in [4.78, 5) is 25.4. The lowest BCUT2D eigenvalue weighted by atomic mass is 10.1. The van der Waals surface area contributed by atoms with E-state index < -0.39 is 11.8 Å². The number of aromatic amines is 1. The number of hydrogen-bond acceptors (Lipinski definition) is 2. The zero-order valence-corrected chi connectivity index (χ0v) is 9.12. The Morgan fingerprint density at radius 3 is 2.82 bits per heavy atom. The topological polar surface area (TPSA) is 70.2 Å². The van der Waals surface area contributed by atoms with E-state index in [0.29, 0.717) is 0 Å². The van der Waals surface area contributed by atoms with E-state index >= 15 is 0 Å². The van der Waals surface area contributed by atoms with Crippen molar-refractivity contribution in [1.29, 1.82) is 0 Å². The number of carboxylic acid groups (broad SMARTS) is 1. The summed E-state index contributed by atoms with van der Waals surface area (Å²) in [5.74, 6) is -2.25. The normalized spacial score (nSPS) is 13.9. The molecule has 0 radical (unpaired) electrons. The lowest BCUT2D eigenvalue weighted by Gasteiger charge is -1.98. The van der Waals surface area contributed by atoms with E-state index in [9.17, 15) is 9.59 Å². The predicted octanol–water partition coefficient (Wildman–Crippen LogP) is 1.92. The Bertz CT molecular complexity index is 639. The molecule has 2 N–H and O–H groups in total. The SMILES string of the molecule is O=C(O)C(=O)c1ccc2[nH]c3c(c2c1)CCC3. The van der Waals surface area contributed by atoms with Crippen molar-refractivity contribution in [1.82, 2.24) is 4.98 Å². The van der Waals surface area contributed by atoms with Crippen LogP contribution in [0.1, 0.15) is 28.0 Å². The molecule has 0 aliphatic heterocycles. The molecule has 4 nitrogen and oxygen atoms in total. The summed E-state index contributed by atoms with van der Waals surface area (Å²) in [6.07, 6.45) is 3.15. The summed E-state index contributed by atoms with van der Waals surface area (Å²) in [5, 5.41) is 9.68. The standard InChI is InChI=1S/C13H11NO3/c15-12(13(16)17)7-4-5-11-9(6-7)8-2-1-3-10(8)14-11/h4-6,14H,1-3H2,(H,16,17). The second-order valence-corrected chi connectivity index (χ2v) is 4.33. The number of rotatable bonds is 2. The first-order valence-corrected chi connectivity index (χ1v) is 5.58. The number of benzene rings is 1. The van der Waals surface area contributed by atoms with E-state index in [1.807, 2.05) is 0 Å². The van der Waals surface area contributed by atoms with Crippen LogP contribution in [0.3, 0.4) is 0 Å². The molecule has 1 heterocycles. The number of carboxylic acids is 1. The first kappa shape index (κ1) is 10.1. The van der Waals surface area contributed by atoms with Gasteiger partial charge in [0.1, 0.15) is 0 Å². The number of fused-ring (bicyclic) bond motifs is 3. The summed E-state index contributed by atoms with van der Waals surface area (Å²) in [5.41, 5.74) is 3.69. The van der Waals surface area contributed by atoms with E-state index in [1.165, 1.54) is 11.3 Å². The Labute approximate surface area is 97.3 Å². The highest BCUT2D eigenvalue weighted by Crippen LogP contribution is 2.30. The van der Waals surface area contributed by atoms with Gasteiger partial charge in [0.25, 0.3) is 5.78 Å². The van der Waals surface area contributed by atoms with Gasteiger partial charge >= 0.3 is 5.97 Å². The Hall–Kier alpha value is -2.10. The van der Waals surface area contributed by atoms with Crippen LogP contribution >= 0.6 is 0 Å². The molecule has 1 aromatic carbocycles. The summed E-state index contributed by atoms with van der Waals surface area (Å²) in [7, 11) is 0. The molecule has 1 aliphatic rings. The molecule has 0 fully saturated rings. The third-order valence-electron chi connectivity index (χ3n) is 3.30. The first-order chi connectivity index (χ1) is 8.16. The highest BCUT2D eigenvalue weighted by Gasteiger charge is 2.20. The fourth-order valence-corrected chi connectivity index (χ4v) is 2.51. The number of hydrogen-bond donors (Lipinski definition) is 2. The van der Waals surface area contributed by atoms with Crippen LogP contribution in [0.15, 0.2) is 18.2 Å². The molecular weight excluding hydrogens is 218 g/mol. The van der Waals surface area contributed by atoms with Crippen molar-refractivity contribution in [3.05, 3.63) is 35.0 Å². The van der Waals surface area contributed by atoms with Gasteiger partial charge in [-0.1, -0.05) is 0 Å². The molecule has 0 spiro atoms. The molecule has 0 saturated carbocycles. The van der Waals surface area contributed by atoms with Gasteiger partial charge in [0.15, 0.2) is 0 Å². The first-order valence-electron chi connectivity index (χ1n) is 5.58. The number of carbonyl (C=O) groups is 2. The molecule has 4 heteroatoms. The summed E-state index contributed by atoms with van der Waals surface area (Å²) < 4.78 is 0. The number of Topliss-reactive ketones (excluding diaryl/α,β-unsaturated/α-hetero) is 1. The number of aliphatic carboxylic acids is 1. The van der Waals surface area contributed by atoms with Crippen molar-refractivity contribution < 1.29 is 14.7 Å². The molecule has 1 aliphatic carbocycles. The molecule has 0 atom stereocenters. The Balaban J connectivity index is 2.18. The zero-order valence-electron chi connectivity index (χ0n) is 9.12. The van der Waals surface area contributed by atoms with Crippen LogP contribution in [0.25, 0.3) is 10.9 Å². The van der Waals surface area contributed by atoms with Gasteiger partial charge in [-0.25, -0.2) is 4.79 Å². The number of H-pyrrole nitrogens is 1. The minimum Gasteiger partial charge on any atom is -0.475 e. The molecular formula is C13H11NO3. The molecule has 2 aromatic rings. The van der Waals surface area contributed by atoms with Crippen molar-refractivity contribution >= 4 is 22.7 Å². The van der Waals surface area contributed by atoms with Crippen molar-refractivity contribution in [3.8, 4) is 0 Å². The molecule has 17 heavy (non-hydrogen) atoms. The van der Waals surface area contributed by atoms with Crippen LogP contribution < -0.4 is 0 Å². The van der Waals surface area contributed by atoms with Gasteiger partial charge in [-0.05, 0) is 43.0 Å². The molecule has 3 rings (SSSR count). The van der Waals surface area contributed by atoms with Crippen molar-refractivity contribution in [2.45, 2.75) is 19.3 Å². The average molecular weight is 229 g/mol. The summed E-state index contributed by atoms with van der Waals surface area (Å²) in [6, 6.07) is 5.03. The van der Waals surface area contributed by atoms with E-state index in [2.05, 4.69) is 4.98 Å². The van der Waals surface area contributed by atoms with E-state index in [1.54, 1.807) is 18.2 Å². The second kappa shape index (κ2) is 3.45. The third kappa shape index (κ3) is 1.45. The average Bonchev–Trinajstić information content (AvgIpc) is 2.87. The van der Waals surface area contributed by atoms with Gasteiger partial charge in [0.05, 0.1) is 0 Å². The summed E-state index contributed by atoms with van der Waals surface area (Å²) in [6.45, 7) is 0. The minimum atomic E-state index is -1.41. The highest BCUT2D eigenvalue weighted by atomic mass is 16.4. The number of aromatic nitrogens is 1. The zero-order chi connectivity index (χ0) is 12.0. The maximum absolute atomic E-state index is 11.4. The van der Waals surface area contributed by atoms with Crippen molar-refractivity contribution in [3.63, 3.8) is 0 Å². The lowest BCUT2D eigenvalue weighted by molar-refractivity contribution is -0.131. The van der Waals surface area contributed by atoms with Gasteiger partial charge in [0, 0.05) is 22.2 Å². The van der Waals surface area contributed by atoms with Gasteiger partial charge in [-0.15, -0.1) is 0 Å². The van der Waals surface area contributed by atoms with Crippen LogP contribution in [0.2, 0.25) is 0 Å². The van der Waals surface area contributed by atoms with Crippen molar-refractivity contribution in [2.24, 2.45) is 0 Å². The molecule has 1 aromatic heterocycles. The van der Waals surface area contributed by atoms with Gasteiger partial charge < -0.3 is 10.1 Å². The smallest absolute Gasteiger partial charge is 0.377 e. The van der Waals surface area contributed by atoms with Gasteiger partial charge in [-0.2, -0.15) is 0 Å². The second-order valence-electron chi connectivity index (χ2n) is 4.33. The predicted molar refractivity (Wildman–Crippen MR) is 62.3 cm³/mol. The highest BCUT2D eigenvalue weighted by molar-refractivity contribution is 6.40. The van der Waals surface area contributed by atoms with Crippen LogP contribution in [0.5, 0.6) is 0 Å². The molecule has 0 saturated heterocycles. The van der Waals surface area contributed by atoms with E-state index in [-0.39, 0.29) is 5.56 Å². The quantitative estimate of drug-likeness (QED) is 0.610. The van der Waals surface area contributed by atoms with E-state index in [0.717, 1.165) is 30.2 Å². The fraction of sp³-hybridized carbons (Fsp3) is 0.231. The molecule has 0 unspecified atom stereocenters. The number of aryl methyl sites for hydroxylation is 2. The Morgan fingerprint density at radius 2 is 2.06 bits per heavy atom. The maximum atomic E-state index is 11.4. The maximum Gasteiger partial charge on any atom is 0.377 e. The Morgan fingerprint density at radius 1 is 1.24 bits per heavy atom. The number of ketones is 1. The lowest BCUT2D eigenvalue weighted by Crippen LogP contribution is -2.12. The largest absolute Gasteiger partial charge is 0.475 e. The number of carbonyl (C=O) groups excluding carboxylic acids is 1. The van der Waals surface area contributed by atoms with E-state index in [4.69, 9.17) is 5.11 Å². The van der Waals surface area contributed by atoms with Gasteiger partial charge in [-0.3, -0.25) is 4.79 Å². The van der Waals surface area contributed by atoms with Crippen LogP contribution in [-0.4, -0.2) is 21.8 Å². The molecule has 0 amide bonds. The Kier molecular flexibility index (Phi) is 2.04. The summed E-state index contributed by atoms with van der Waals surface area (Å²) >= 11 is 0.